The first-order valence-corrected chi connectivity index (χ1v) is 6.30. The number of aromatic nitrogens is 2. The summed E-state index contributed by atoms with van der Waals surface area (Å²) in [5.74, 6) is 1.59. The molecule has 1 rings (SSSR count). The summed E-state index contributed by atoms with van der Waals surface area (Å²) in [6.07, 6.45) is 1.97. The topological polar surface area (TPSA) is 60.2 Å². The van der Waals surface area contributed by atoms with E-state index in [1.54, 1.807) is 0 Å². The van der Waals surface area contributed by atoms with Gasteiger partial charge in [-0.3, -0.25) is 0 Å². The third-order valence-electron chi connectivity index (χ3n) is 2.88. The van der Waals surface area contributed by atoms with Gasteiger partial charge in [0.1, 0.15) is 6.61 Å². The SMILES string of the molecule is CCCOCc1noc(C(CC)C(C)NC)n1. The number of likely N-dealkylation sites (N-methyl/N-ethyl adjacent to an activating group) is 1. The molecule has 0 amide bonds. The zero-order valence-electron chi connectivity index (χ0n) is 11.2. The minimum Gasteiger partial charge on any atom is -0.373 e. The van der Waals surface area contributed by atoms with Crippen LogP contribution < -0.4 is 5.32 Å². The van der Waals surface area contributed by atoms with Crippen molar-refractivity contribution in [3.8, 4) is 0 Å². The maximum atomic E-state index is 5.38. The highest BCUT2D eigenvalue weighted by Crippen LogP contribution is 2.21. The number of nitrogens with zero attached hydrogens (tertiary/aromatic N) is 2. The summed E-state index contributed by atoms with van der Waals surface area (Å²) in [6, 6.07) is 0.324. The molecule has 0 aliphatic heterocycles. The van der Waals surface area contributed by atoms with Crippen LogP contribution >= 0.6 is 0 Å². The van der Waals surface area contributed by atoms with Crippen LogP contribution in [0.15, 0.2) is 4.52 Å². The van der Waals surface area contributed by atoms with E-state index in [1.165, 1.54) is 0 Å². The van der Waals surface area contributed by atoms with Gasteiger partial charge in [0.25, 0.3) is 0 Å². The molecule has 0 aliphatic carbocycles. The van der Waals surface area contributed by atoms with Gasteiger partial charge in [0.05, 0.1) is 5.92 Å². The average molecular weight is 241 g/mol. The largest absolute Gasteiger partial charge is 0.373 e. The Morgan fingerprint density at radius 2 is 2.18 bits per heavy atom. The van der Waals surface area contributed by atoms with Crippen molar-refractivity contribution in [3.63, 3.8) is 0 Å². The Hall–Kier alpha value is -0.940. The number of hydrogen-bond donors (Lipinski definition) is 1. The van der Waals surface area contributed by atoms with E-state index in [0.717, 1.165) is 19.4 Å². The fourth-order valence-corrected chi connectivity index (χ4v) is 1.73. The Bertz CT molecular complexity index is 314. The van der Waals surface area contributed by atoms with Gasteiger partial charge in [0, 0.05) is 12.6 Å². The van der Waals surface area contributed by atoms with E-state index in [0.29, 0.717) is 24.4 Å². The lowest BCUT2D eigenvalue weighted by Gasteiger charge is -2.17. The predicted octanol–water partition coefficient (Wildman–Crippen LogP) is 2.10. The highest BCUT2D eigenvalue weighted by atomic mass is 16.5. The Kier molecular flexibility index (Phi) is 6.15. The molecule has 1 aromatic heterocycles. The van der Waals surface area contributed by atoms with Gasteiger partial charge in [-0.25, -0.2) is 0 Å². The normalized spacial score (nSPS) is 14.8. The van der Waals surface area contributed by atoms with Crippen molar-refractivity contribution in [3.05, 3.63) is 11.7 Å². The fourth-order valence-electron chi connectivity index (χ4n) is 1.73. The molecule has 5 nitrogen and oxygen atoms in total. The molecule has 0 aliphatic rings. The van der Waals surface area contributed by atoms with E-state index < -0.39 is 0 Å². The van der Waals surface area contributed by atoms with Crippen LogP contribution in [0.1, 0.15) is 51.2 Å². The molecule has 0 spiro atoms. The maximum Gasteiger partial charge on any atom is 0.231 e. The van der Waals surface area contributed by atoms with Crippen molar-refractivity contribution in [2.45, 2.75) is 52.2 Å². The Morgan fingerprint density at radius 3 is 2.76 bits per heavy atom. The van der Waals surface area contributed by atoms with Crippen LogP contribution in [-0.4, -0.2) is 29.8 Å². The molecule has 5 heteroatoms. The molecule has 0 fully saturated rings. The van der Waals surface area contributed by atoms with Crippen molar-refractivity contribution in [1.82, 2.24) is 15.5 Å². The van der Waals surface area contributed by atoms with Gasteiger partial charge < -0.3 is 14.6 Å². The second-order valence-electron chi connectivity index (χ2n) is 4.19. The quantitative estimate of drug-likeness (QED) is 0.706. The minimum absolute atomic E-state index is 0.257. The van der Waals surface area contributed by atoms with Gasteiger partial charge in [-0.05, 0) is 26.8 Å². The summed E-state index contributed by atoms with van der Waals surface area (Å²) in [5, 5.41) is 7.15. The van der Waals surface area contributed by atoms with Crippen molar-refractivity contribution in [2.75, 3.05) is 13.7 Å². The summed E-state index contributed by atoms with van der Waals surface area (Å²) in [6.45, 7) is 7.47. The van der Waals surface area contributed by atoms with Gasteiger partial charge in [-0.15, -0.1) is 0 Å². The third-order valence-corrected chi connectivity index (χ3v) is 2.88. The third kappa shape index (κ3) is 4.09. The molecule has 2 atom stereocenters. The molecule has 0 saturated carbocycles. The lowest BCUT2D eigenvalue weighted by atomic mass is 9.98. The van der Waals surface area contributed by atoms with Crippen LogP contribution in [0.2, 0.25) is 0 Å². The van der Waals surface area contributed by atoms with Crippen LogP contribution in [0.25, 0.3) is 0 Å². The second-order valence-corrected chi connectivity index (χ2v) is 4.19. The van der Waals surface area contributed by atoms with Crippen LogP contribution in [0.4, 0.5) is 0 Å². The van der Waals surface area contributed by atoms with Crippen molar-refractivity contribution in [1.29, 1.82) is 0 Å². The first kappa shape index (κ1) is 14.1. The molecule has 2 unspecified atom stereocenters. The number of hydrogen-bond acceptors (Lipinski definition) is 5. The minimum atomic E-state index is 0.257. The summed E-state index contributed by atoms with van der Waals surface area (Å²) in [4.78, 5) is 4.38. The van der Waals surface area contributed by atoms with Crippen molar-refractivity contribution in [2.24, 2.45) is 0 Å². The number of ether oxygens (including phenoxy) is 1. The van der Waals surface area contributed by atoms with Crippen molar-refractivity contribution < 1.29 is 9.26 Å². The smallest absolute Gasteiger partial charge is 0.231 e. The Morgan fingerprint density at radius 1 is 1.41 bits per heavy atom. The highest BCUT2D eigenvalue weighted by molar-refractivity contribution is 4.97. The fraction of sp³-hybridized carbons (Fsp3) is 0.833. The lowest BCUT2D eigenvalue weighted by molar-refractivity contribution is 0.114. The number of nitrogens with one attached hydrogen (secondary N) is 1. The summed E-state index contributed by atoms with van der Waals surface area (Å²) < 4.78 is 10.7. The summed E-state index contributed by atoms with van der Waals surface area (Å²) in [5.41, 5.74) is 0. The van der Waals surface area contributed by atoms with Crippen LogP contribution in [-0.2, 0) is 11.3 Å². The van der Waals surface area contributed by atoms with E-state index in [4.69, 9.17) is 9.26 Å². The van der Waals surface area contributed by atoms with E-state index in [-0.39, 0.29) is 5.92 Å². The summed E-state index contributed by atoms with van der Waals surface area (Å²) in [7, 11) is 1.94. The first-order valence-electron chi connectivity index (χ1n) is 6.30. The van der Waals surface area contributed by atoms with Gasteiger partial charge in [-0.1, -0.05) is 19.0 Å². The average Bonchev–Trinajstić information content (AvgIpc) is 2.79. The molecule has 17 heavy (non-hydrogen) atoms. The second kappa shape index (κ2) is 7.40. The van der Waals surface area contributed by atoms with E-state index in [1.807, 2.05) is 7.05 Å². The highest BCUT2D eigenvalue weighted by Gasteiger charge is 2.22. The zero-order chi connectivity index (χ0) is 12.7. The molecule has 0 aromatic carbocycles. The zero-order valence-corrected chi connectivity index (χ0v) is 11.2. The maximum absolute atomic E-state index is 5.38. The van der Waals surface area contributed by atoms with Gasteiger partial charge in [0.2, 0.25) is 5.89 Å². The van der Waals surface area contributed by atoms with Crippen molar-refractivity contribution >= 4 is 0 Å². The molecule has 0 radical (unpaired) electrons. The van der Waals surface area contributed by atoms with Crippen LogP contribution in [0.5, 0.6) is 0 Å². The van der Waals surface area contributed by atoms with E-state index in [9.17, 15) is 0 Å². The predicted molar refractivity (Wildman–Crippen MR) is 65.8 cm³/mol. The molecule has 0 bridgehead atoms. The Balaban J connectivity index is 2.58. The van der Waals surface area contributed by atoms with Gasteiger partial charge in [-0.2, -0.15) is 4.98 Å². The van der Waals surface area contributed by atoms with Gasteiger partial charge in [0.15, 0.2) is 5.82 Å². The summed E-state index contributed by atoms with van der Waals surface area (Å²) >= 11 is 0. The van der Waals surface area contributed by atoms with Crippen LogP contribution in [0.3, 0.4) is 0 Å². The number of rotatable bonds is 8. The molecule has 1 aromatic rings. The monoisotopic (exact) mass is 241 g/mol. The Labute approximate surface area is 103 Å². The molecule has 1 heterocycles. The molecular formula is C12H23N3O2. The first-order chi connectivity index (χ1) is 8.22. The van der Waals surface area contributed by atoms with Gasteiger partial charge >= 0.3 is 0 Å². The molecule has 0 saturated heterocycles. The van der Waals surface area contributed by atoms with E-state index >= 15 is 0 Å². The molecule has 1 N–H and O–H groups in total. The molecular weight excluding hydrogens is 218 g/mol. The lowest BCUT2D eigenvalue weighted by Crippen LogP contribution is -2.28. The van der Waals surface area contributed by atoms with Crippen LogP contribution in [0, 0.1) is 0 Å². The van der Waals surface area contributed by atoms with E-state index in [2.05, 4.69) is 36.2 Å². The molecule has 98 valence electrons. The standard InChI is InChI=1S/C12H23N3O2/c1-5-7-16-8-11-14-12(17-15-11)10(6-2)9(3)13-4/h9-10,13H,5-8H2,1-4H3.